The Labute approximate surface area is 177 Å². The Hall–Kier alpha value is -1.87. The second kappa shape index (κ2) is 7.75. The highest BCUT2D eigenvalue weighted by Crippen LogP contribution is 2.44. The van der Waals surface area contributed by atoms with E-state index in [9.17, 15) is 18.4 Å². The minimum absolute atomic E-state index is 0.00561. The van der Waals surface area contributed by atoms with Crippen LogP contribution in [0.3, 0.4) is 0 Å². The van der Waals surface area contributed by atoms with Crippen LogP contribution in [0.25, 0.3) is 22.0 Å². The molecule has 0 amide bonds. The highest BCUT2D eigenvalue weighted by atomic mass is 35.5. The van der Waals surface area contributed by atoms with Crippen molar-refractivity contribution in [2.24, 2.45) is 0 Å². The summed E-state index contributed by atoms with van der Waals surface area (Å²) in [7, 11) is 1.55. The number of nitrogens with one attached hydrogen (secondary N) is 1. The normalized spacial score (nSPS) is 16.7. The molecule has 0 bridgehead atoms. The standard InChI is InChI=1S/C19H14Cl2F2N2O3S/c1-28-8-2-3-29-17-15(9-4-11(20)14(23)6-13(9)22)12(21)5-10-16(17)25(7-8)19(27)24-18(10)26/h4-6,8H,2-3,7H2,1H3,(H,24,26,27)/t8-/m0/s1. The van der Waals surface area contributed by atoms with E-state index < -0.39 is 22.9 Å². The maximum atomic E-state index is 14.7. The third-order valence-corrected chi connectivity index (χ3v) is 6.59. The summed E-state index contributed by atoms with van der Waals surface area (Å²) in [5, 5.41) is 0.0377. The number of hydrogen-bond donors (Lipinski definition) is 1. The molecule has 1 aliphatic rings. The maximum Gasteiger partial charge on any atom is 0.328 e. The summed E-state index contributed by atoms with van der Waals surface area (Å²) in [6, 6.07) is 3.22. The number of benzene rings is 2. The number of hydrogen-bond acceptors (Lipinski definition) is 4. The molecule has 1 N–H and O–H groups in total. The Morgan fingerprint density at radius 2 is 1.93 bits per heavy atom. The molecule has 0 spiro atoms. The molecular weight excluding hydrogens is 445 g/mol. The molecule has 2 heterocycles. The smallest absolute Gasteiger partial charge is 0.328 e. The maximum absolute atomic E-state index is 14.7. The number of halogens is 4. The van der Waals surface area contributed by atoms with Gasteiger partial charge in [0, 0.05) is 35.0 Å². The highest BCUT2D eigenvalue weighted by molar-refractivity contribution is 7.99. The fourth-order valence-corrected chi connectivity index (χ4v) is 5.28. The van der Waals surface area contributed by atoms with Gasteiger partial charge in [0.25, 0.3) is 5.56 Å². The van der Waals surface area contributed by atoms with E-state index in [2.05, 4.69) is 4.98 Å². The van der Waals surface area contributed by atoms with Crippen LogP contribution < -0.4 is 11.2 Å². The Bertz CT molecular complexity index is 1260. The Balaban J connectivity index is 2.15. The van der Waals surface area contributed by atoms with Crippen molar-refractivity contribution in [2.45, 2.75) is 24.0 Å². The van der Waals surface area contributed by atoms with E-state index in [1.807, 2.05) is 0 Å². The number of rotatable bonds is 2. The number of H-pyrrole nitrogens is 1. The predicted octanol–water partition coefficient (Wildman–Crippen LogP) is 4.45. The lowest BCUT2D eigenvalue weighted by molar-refractivity contribution is 0.0851. The van der Waals surface area contributed by atoms with Gasteiger partial charge in [-0.25, -0.2) is 13.6 Å². The van der Waals surface area contributed by atoms with Gasteiger partial charge in [-0.1, -0.05) is 23.2 Å². The van der Waals surface area contributed by atoms with Crippen LogP contribution in [0.4, 0.5) is 8.78 Å². The van der Waals surface area contributed by atoms with Crippen LogP contribution in [-0.2, 0) is 11.3 Å². The first-order chi connectivity index (χ1) is 13.8. The molecule has 0 saturated heterocycles. The molecule has 0 radical (unpaired) electrons. The first kappa shape index (κ1) is 20.4. The monoisotopic (exact) mass is 458 g/mol. The summed E-state index contributed by atoms with van der Waals surface area (Å²) in [5.74, 6) is -1.16. The summed E-state index contributed by atoms with van der Waals surface area (Å²) in [5.41, 5.74) is -0.597. The number of methoxy groups -OCH3 is 1. The molecule has 0 unspecified atom stereocenters. The van der Waals surface area contributed by atoms with Gasteiger partial charge in [0.2, 0.25) is 0 Å². The van der Waals surface area contributed by atoms with Crippen LogP contribution in [0.15, 0.2) is 32.7 Å². The van der Waals surface area contributed by atoms with Crippen LogP contribution in [0.2, 0.25) is 10.0 Å². The van der Waals surface area contributed by atoms with E-state index in [1.54, 1.807) is 7.11 Å². The van der Waals surface area contributed by atoms with Gasteiger partial charge in [0.1, 0.15) is 11.6 Å². The third kappa shape index (κ3) is 3.48. The highest BCUT2D eigenvalue weighted by Gasteiger charge is 2.26. The van der Waals surface area contributed by atoms with E-state index in [1.165, 1.54) is 22.4 Å². The fraction of sp³-hybridized carbons (Fsp3) is 0.263. The van der Waals surface area contributed by atoms with Crippen molar-refractivity contribution in [2.75, 3.05) is 12.9 Å². The topological polar surface area (TPSA) is 64.1 Å². The molecule has 2 aromatic carbocycles. The van der Waals surface area contributed by atoms with Crippen molar-refractivity contribution in [3.8, 4) is 11.1 Å². The lowest BCUT2D eigenvalue weighted by atomic mass is 10.0. The van der Waals surface area contributed by atoms with E-state index in [4.69, 9.17) is 27.9 Å². The zero-order chi connectivity index (χ0) is 20.9. The molecule has 152 valence electrons. The summed E-state index contributed by atoms with van der Waals surface area (Å²) in [6.07, 6.45) is 0.380. The minimum atomic E-state index is -0.892. The molecule has 1 aromatic heterocycles. The first-order valence-corrected chi connectivity index (χ1v) is 10.4. The van der Waals surface area contributed by atoms with E-state index in [0.29, 0.717) is 28.7 Å². The lowest BCUT2D eigenvalue weighted by Gasteiger charge is -2.24. The van der Waals surface area contributed by atoms with E-state index in [-0.39, 0.29) is 39.2 Å². The molecule has 0 fully saturated rings. The Morgan fingerprint density at radius 3 is 2.66 bits per heavy atom. The van der Waals surface area contributed by atoms with Crippen LogP contribution in [0.5, 0.6) is 0 Å². The average molecular weight is 459 g/mol. The van der Waals surface area contributed by atoms with Crippen molar-refractivity contribution >= 4 is 45.9 Å². The summed E-state index contributed by atoms with van der Waals surface area (Å²) in [4.78, 5) is 27.8. The second-order valence-corrected chi connectivity index (χ2v) is 8.49. The van der Waals surface area contributed by atoms with Crippen molar-refractivity contribution in [1.29, 1.82) is 0 Å². The van der Waals surface area contributed by atoms with E-state index >= 15 is 0 Å². The average Bonchev–Trinajstić information content (AvgIpc) is 2.65. The molecule has 1 atom stereocenters. The molecular formula is C19H14Cl2F2N2O3S. The quantitative estimate of drug-likeness (QED) is 0.576. The second-order valence-electron chi connectivity index (χ2n) is 6.57. The van der Waals surface area contributed by atoms with Crippen LogP contribution in [-0.4, -0.2) is 28.5 Å². The molecule has 0 saturated carbocycles. The van der Waals surface area contributed by atoms with Crippen molar-refractivity contribution in [1.82, 2.24) is 9.55 Å². The van der Waals surface area contributed by atoms with Gasteiger partial charge in [-0.15, -0.1) is 11.8 Å². The van der Waals surface area contributed by atoms with Gasteiger partial charge in [0.05, 0.1) is 33.6 Å². The van der Waals surface area contributed by atoms with Gasteiger partial charge in [-0.05, 0) is 18.6 Å². The molecule has 5 nitrogen and oxygen atoms in total. The zero-order valence-electron chi connectivity index (χ0n) is 15.0. The molecule has 10 heteroatoms. The molecule has 3 aromatic rings. The number of ether oxygens (including phenoxy) is 1. The van der Waals surface area contributed by atoms with Crippen molar-refractivity contribution in [3.63, 3.8) is 0 Å². The summed E-state index contributed by atoms with van der Waals surface area (Å²) < 4.78 is 35.2. The summed E-state index contributed by atoms with van der Waals surface area (Å²) >= 11 is 13.6. The third-order valence-electron chi connectivity index (χ3n) is 4.87. The van der Waals surface area contributed by atoms with Crippen molar-refractivity contribution in [3.05, 3.63) is 60.7 Å². The van der Waals surface area contributed by atoms with Gasteiger partial charge >= 0.3 is 5.69 Å². The number of aromatic amines is 1. The molecule has 29 heavy (non-hydrogen) atoms. The van der Waals surface area contributed by atoms with Crippen LogP contribution >= 0.6 is 35.0 Å². The van der Waals surface area contributed by atoms with Gasteiger partial charge < -0.3 is 4.74 Å². The molecule has 1 aliphatic heterocycles. The largest absolute Gasteiger partial charge is 0.380 e. The van der Waals surface area contributed by atoms with E-state index in [0.717, 1.165) is 6.07 Å². The van der Waals surface area contributed by atoms with Crippen LogP contribution in [0, 0.1) is 11.6 Å². The SMILES string of the molecule is CO[C@H]1CCSc2c(-c3cc(Cl)c(F)cc3F)c(Cl)cc3c(=O)[nH]c(=O)n(c23)C1. The zero-order valence-corrected chi connectivity index (χ0v) is 17.4. The Kier molecular flexibility index (Phi) is 5.46. The van der Waals surface area contributed by atoms with Gasteiger partial charge in [-0.3, -0.25) is 14.3 Å². The minimum Gasteiger partial charge on any atom is -0.380 e. The van der Waals surface area contributed by atoms with Gasteiger partial charge in [-0.2, -0.15) is 0 Å². The number of aromatic nitrogens is 2. The Morgan fingerprint density at radius 1 is 1.17 bits per heavy atom. The molecule has 0 aliphatic carbocycles. The van der Waals surface area contributed by atoms with Crippen LogP contribution in [0.1, 0.15) is 6.42 Å². The fourth-order valence-electron chi connectivity index (χ4n) is 3.45. The van der Waals surface area contributed by atoms with Gasteiger partial charge in [0.15, 0.2) is 0 Å². The van der Waals surface area contributed by atoms with Crippen molar-refractivity contribution < 1.29 is 13.5 Å². The first-order valence-electron chi connectivity index (χ1n) is 8.61. The summed E-state index contributed by atoms with van der Waals surface area (Å²) in [6.45, 7) is 0.212. The molecule has 4 rings (SSSR count). The number of nitrogens with zero attached hydrogens (tertiary/aromatic N) is 1. The predicted molar refractivity (Wildman–Crippen MR) is 110 cm³/mol. The lowest BCUT2D eigenvalue weighted by Crippen LogP contribution is -2.35. The number of thioether (sulfide) groups is 1.